The van der Waals surface area contributed by atoms with Crippen LogP contribution in [0.1, 0.15) is 42.9 Å². The molecule has 2 atom stereocenters. The fourth-order valence-corrected chi connectivity index (χ4v) is 3.96. The van der Waals surface area contributed by atoms with Crippen molar-refractivity contribution >= 4 is 17.6 Å². The predicted molar refractivity (Wildman–Crippen MR) is 118 cm³/mol. The molecule has 0 saturated carbocycles. The number of carbonyl (C=O) groups is 2. The van der Waals surface area contributed by atoms with Crippen LogP contribution in [0.4, 0.5) is 0 Å². The smallest absolute Gasteiger partial charge is 0.309 e. The van der Waals surface area contributed by atoms with Crippen LogP contribution in [0, 0.1) is 5.92 Å². The lowest BCUT2D eigenvalue weighted by Crippen LogP contribution is -2.32. The maximum Gasteiger partial charge on any atom is 0.309 e. The van der Waals surface area contributed by atoms with Crippen LogP contribution in [-0.4, -0.2) is 36.3 Å². The van der Waals surface area contributed by atoms with Gasteiger partial charge in [0.15, 0.2) is 6.61 Å². The van der Waals surface area contributed by atoms with Gasteiger partial charge >= 0.3 is 5.97 Å². The summed E-state index contributed by atoms with van der Waals surface area (Å²) in [6.07, 6.45) is 6.94. The molecule has 1 amide bonds. The topological polar surface area (TPSA) is 68.2 Å². The Kier molecular flexibility index (Phi) is 6.46. The molecule has 0 N–H and O–H groups in total. The summed E-state index contributed by atoms with van der Waals surface area (Å²) in [5, 5.41) is 6.07. The van der Waals surface area contributed by atoms with Crippen LogP contribution in [0.5, 0.6) is 5.75 Å². The van der Waals surface area contributed by atoms with Gasteiger partial charge in [0.1, 0.15) is 5.75 Å². The highest BCUT2D eigenvalue weighted by atomic mass is 16.5. The highest BCUT2D eigenvalue weighted by molar-refractivity contribution is 6.03. The number of rotatable bonds is 6. The molecule has 4 rings (SSSR count). The summed E-state index contributed by atoms with van der Waals surface area (Å²) in [7, 11) is 1.62. The molecule has 0 saturated heterocycles. The summed E-state index contributed by atoms with van der Waals surface area (Å²) in [5.74, 6) is -0.0620. The van der Waals surface area contributed by atoms with Crippen molar-refractivity contribution < 1.29 is 19.1 Å². The number of ether oxygens (including phenoxy) is 2. The van der Waals surface area contributed by atoms with E-state index in [0.29, 0.717) is 12.8 Å². The Morgan fingerprint density at radius 2 is 1.84 bits per heavy atom. The monoisotopic (exact) mass is 418 g/mol. The lowest BCUT2D eigenvalue weighted by molar-refractivity contribution is -0.156. The largest absolute Gasteiger partial charge is 0.497 e. The molecular weight excluding hydrogens is 392 g/mol. The number of benzene rings is 2. The summed E-state index contributed by atoms with van der Waals surface area (Å²) in [6, 6.07) is 17.2. The zero-order valence-corrected chi connectivity index (χ0v) is 17.6. The van der Waals surface area contributed by atoms with Crippen molar-refractivity contribution in [2.75, 3.05) is 13.7 Å². The molecule has 6 nitrogen and oxygen atoms in total. The second kappa shape index (κ2) is 9.60. The van der Waals surface area contributed by atoms with Gasteiger partial charge in [0.25, 0.3) is 5.91 Å². The number of hydrogen-bond acceptors (Lipinski definition) is 5. The molecule has 2 aliphatic rings. The Morgan fingerprint density at radius 1 is 1.06 bits per heavy atom. The predicted octanol–water partition coefficient (Wildman–Crippen LogP) is 4.27. The molecule has 160 valence electrons. The Bertz CT molecular complexity index is 982. The number of amides is 1. The third-order valence-corrected chi connectivity index (χ3v) is 5.71. The summed E-state index contributed by atoms with van der Waals surface area (Å²) >= 11 is 0. The molecule has 1 aliphatic carbocycles. The minimum Gasteiger partial charge on any atom is -0.497 e. The van der Waals surface area contributed by atoms with Gasteiger partial charge in [0, 0.05) is 6.42 Å². The standard InChI is InChI=1S/C25H26N2O4/c1-30-21-14-12-19(13-15-21)23-16-22(18-8-4-2-5-9-18)26-27(23)24(28)17-31-25(29)20-10-6-3-7-11-20/h2-6,8-9,12-15,20,23H,7,10-11,16-17H2,1H3. The molecular formula is C25H26N2O4. The third-order valence-electron chi connectivity index (χ3n) is 5.71. The van der Waals surface area contributed by atoms with Crippen molar-refractivity contribution in [1.29, 1.82) is 0 Å². The van der Waals surface area contributed by atoms with E-state index < -0.39 is 0 Å². The lowest BCUT2D eigenvalue weighted by Gasteiger charge is -2.23. The number of methoxy groups -OCH3 is 1. The fraction of sp³-hybridized carbons (Fsp3) is 0.320. The van der Waals surface area contributed by atoms with Gasteiger partial charge < -0.3 is 9.47 Å². The van der Waals surface area contributed by atoms with Gasteiger partial charge in [-0.25, -0.2) is 5.01 Å². The number of nitrogens with zero attached hydrogens (tertiary/aromatic N) is 2. The van der Waals surface area contributed by atoms with Crippen LogP contribution in [-0.2, 0) is 14.3 Å². The minimum absolute atomic E-state index is 0.169. The third kappa shape index (κ3) is 4.85. The van der Waals surface area contributed by atoms with E-state index in [9.17, 15) is 9.59 Å². The summed E-state index contributed by atoms with van der Waals surface area (Å²) in [4.78, 5) is 25.4. The number of allylic oxidation sites excluding steroid dienone is 2. The highest BCUT2D eigenvalue weighted by Crippen LogP contribution is 2.33. The first-order chi connectivity index (χ1) is 15.2. The maximum absolute atomic E-state index is 13.0. The van der Waals surface area contributed by atoms with Crippen LogP contribution in [0.15, 0.2) is 71.9 Å². The van der Waals surface area contributed by atoms with E-state index >= 15 is 0 Å². The first kappa shape index (κ1) is 20.8. The van der Waals surface area contributed by atoms with E-state index in [4.69, 9.17) is 9.47 Å². The van der Waals surface area contributed by atoms with Crippen LogP contribution >= 0.6 is 0 Å². The molecule has 2 aromatic carbocycles. The molecule has 0 radical (unpaired) electrons. The van der Waals surface area contributed by atoms with Crippen molar-refractivity contribution in [2.24, 2.45) is 11.0 Å². The molecule has 0 aromatic heterocycles. The van der Waals surface area contributed by atoms with E-state index in [-0.39, 0.29) is 30.4 Å². The Hall–Kier alpha value is -3.41. The number of hydrazone groups is 1. The quantitative estimate of drug-likeness (QED) is 0.519. The zero-order valence-electron chi connectivity index (χ0n) is 17.6. The van der Waals surface area contributed by atoms with Crippen molar-refractivity contribution in [3.8, 4) is 5.75 Å². The molecule has 1 heterocycles. The molecule has 0 bridgehead atoms. The van der Waals surface area contributed by atoms with E-state index in [0.717, 1.165) is 35.4 Å². The summed E-state index contributed by atoms with van der Waals surface area (Å²) < 4.78 is 10.6. The van der Waals surface area contributed by atoms with Gasteiger partial charge in [-0.1, -0.05) is 54.6 Å². The number of hydrogen-bond donors (Lipinski definition) is 0. The zero-order chi connectivity index (χ0) is 21.6. The van der Waals surface area contributed by atoms with Gasteiger partial charge in [0.05, 0.1) is 24.8 Å². The van der Waals surface area contributed by atoms with Crippen LogP contribution in [0.25, 0.3) is 0 Å². The maximum atomic E-state index is 13.0. The minimum atomic E-state index is -0.327. The lowest BCUT2D eigenvalue weighted by atomic mass is 9.95. The molecule has 31 heavy (non-hydrogen) atoms. The Labute approximate surface area is 182 Å². The molecule has 6 heteroatoms. The Balaban J connectivity index is 1.51. The van der Waals surface area contributed by atoms with E-state index in [2.05, 4.69) is 11.2 Å². The van der Waals surface area contributed by atoms with Gasteiger partial charge in [-0.2, -0.15) is 5.10 Å². The summed E-state index contributed by atoms with van der Waals surface area (Å²) in [6.45, 7) is -0.308. The second-order valence-corrected chi connectivity index (χ2v) is 7.73. The van der Waals surface area contributed by atoms with Gasteiger partial charge in [-0.05, 0) is 42.5 Å². The van der Waals surface area contributed by atoms with E-state index in [1.54, 1.807) is 7.11 Å². The SMILES string of the molecule is COc1ccc(C2CC(c3ccccc3)=NN2C(=O)COC(=O)C2CC=CCC2)cc1. The van der Waals surface area contributed by atoms with Gasteiger partial charge in [-0.3, -0.25) is 9.59 Å². The number of carbonyl (C=O) groups excluding carboxylic acids is 2. The average molecular weight is 418 g/mol. The van der Waals surface area contributed by atoms with Crippen molar-refractivity contribution in [1.82, 2.24) is 5.01 Å². The number of esters is 1. The molecule has 0 spiro atoms. The van der Waals surface area contributed by atoms with Crippen LogP contribution in [0.2, 0.25) is 0 Å². The summed E-state index contributed by atoms with van der Waals surface area (Å²) in [5.41, 5.74) is 2.76. The van der Waals surface area contributed by atoms with Crippen molar-refractivity contribution in [3.05, 3.63) is 77.9 Å². The molecule has 0 fully saturated rings. The van der Waals surface area contributed by atoms with Crippen LogP contribution < -0.4 is 4.74 Å². The molecule has 1 aliphatic heterocycles. The molecule has 2 unspecified atom stereocenters. The first-order valence-corrected chi connectivity index (χ1v) is 10.6. The van der Waals surface area contributed by atoms with Crippen molar-refractivity contribution in [3.63, 3.8) is 0 Å². The normalized spacial score (nSPS) is 20.3. The fourth-order valence-electron chi connectivity index (χ4n) is 3.96. The van der Waals surface area contributed by atoms with Gasteiger partial charge in [0.2, 0.25) is 0 Å². The van der Waals surface area contributed by atoms with Crippen LogP contribution in [0.3, 0.4) is 0 Å². The van der Waals surface area contributed by atoms with Crippen molar-refractivity contribution in [2.45, 2.75) is 31.7 Å². The molecule has 2 aromatic rings. The van der Waals surface area contributed by atoms with E-state index in [1.165, 1.54) is 5.01 Å². The highest BCUT2D eigenvalue weighted by Gasteiger charge is 2.34. The van der Waals surface area contributed by atoms with Gasteiger partial charge in [-0.15, -0.1) is 0 Å². The second-order valence-electron chi connectivity index (χ2n) is 7.73. The first-order valence-electron chi connectivity index (χ1n) is 10.6. The average Bonchev–Trinajstić information content (AvgIpc) is 3.29. The Morgan fingerprint density at radius 3 is 2.52 bits per heavy atom. The van der Waals surface area contributed by atoms with E-state index in [1.807, 2.05) is 60.7 Å².